The predicted octanol–water partition coefficient (Wildman–Crippen LogP) is 2.77. The first-order chi connectivity index (χ1) is 9.30. The Kier molecular flexibility index (Phi) is 5.20. The smallest absolute Gasteiger partial charge is 0.256 e. The van der Waals surface area contributed by atoms with Crippen molar-refractivity contribution in [1.82, 2.24) is 4.90 Å². The van der Waals surface area contributed by atoms with E-state index >= 15 is 0 Å². The lowest BCUT2D eigenvalue weighted by Crippen LogP contribution is -2.50. The third-order valence-electron chi connectivity index (χ3n) is 3.00. The van der Waals surface area contributed by atoms with Crippen molar-refractivity contribution in [2.24, 2.45) is 0 Å². The Labute approximate surface area is 139 Å². The normalized spacial score (nSPS) is 19.9. The van der Waals surface area contributed by atoms with Crippen molar-refractivity contribution in [2.75, 3.05) is 24.3 Å². The summed E-state index contributed by atoms with van der Waals surface area (Å²) in [5, 5.41) is -0.750. The Hall–Kier alpha value is -0.0500. The highest BCUT2D eigenvalue weighted by Gasteiger charge is 2.35. The molecule has 2 rings (SSSR count). The molecule has 4 nitrogen and oxygen atoms in total. The minimum atomic E-state index is -3.29. The molecule has 20 heavy (non-hydrogen) atoms. The number of thioether (sulfide) groups is 1. The van der Waals surface area contributed by atoms with Crippen LogP contribution in [0.1, 0.15) is 10.4 Å². The number of rotatable bonds is 2. The van der Waals surface area contributed by atoms with Gasteiger partial charge in [0.05, 0.1) is 5.56 Å². The van der Waals surface area contributed by atoms with Crippen molar-refractivity contribution in [3.8, 4) is 0 Å². The zero-order valence-corrected chi connectivity index (χ0v) is 15.5. The molecule has 0 radical (unpaired) electrons. The summed E-state index contributed by atoms with van der Waals surface area (Å²) in [6.45, 7) is 0.445. The van der Waals surface area contributed by atoms with E-state index in [1.54, 1.807) is 23.9 Å². The van der Waals surface area contributed by atoms with Crippen molar-refractivity contribution >= 4 is 59.4 Å². The van der Waals surface area contributed by atoms with Gasteiger partial charge < -0.3 is 4.90 Å². The van der Waals surface area contributed by atoms with Gasteiger partial charge in [0, 0.05) is 33.3 Å². The molecule has 0 spiro atoms. The monoisotopic (exact) mass is 441 g/mol. The highest BCUT2D eigenvalue weighted by atomic mass is 79.9. The maximum atomic E-state index is 12.6. The predicted molar refractivity (Wildman–Crippen MR) is 88.8 cm³/mol. The van der Waals surface area contributed by atoms with Crippen molar-refractivity contribution in [3.63, 3.8) is 0 Å². The lowest BCUT2D eigenvalue weighted by Gasteiger charge is -2.34. The van der Waals surface area contributed by atoms with Crippen LogP contribution in [-0.2, 0) is 9.84 Å². The zero-order valence-electron chi connectivity index (χ0n) is 10.7. The van der Waals surface area contributed by atoms with E-state index in [1.165, 1.54) is 11.2 Å². The molecule has 1 atom stereocenters. The summed E-state index contributed by atoms with van der Waals surface area (Å²) in [6.07, 6.45) is 1.18. The largest absolute Gasteiger partial charge is 0.320 e. The average Bonchev–Trinajstić information content (AvgIpc) is 2.40. The van der Waals surface area contributed by atoms with Gasteiger partial charge in [0.2, 0.25) is 0 Å². The fourth-order valence-electron chi connectivity index (χ4n) is 1.98. The second-order valence-corrected chi connectivity index (χ2v) is 9.60. The summed E-state index contributed by atoms with van der Waals surface area (Å²) in [4.78, 5) is 14.1. The number of carbonyl (C=O) groups excluding carboxylic acids is 1. The van der Waals surface area contributed by atoms with Crippen LogP contribution in [0.3, 0.4) is 0 Å². The van der Waals surface area contributed by atoms with Gasteiger partial charge in [-0.3, -0.25) is 4.79 Å². The Morgan fingerprint density at radius 1 is 1.40 bits per heavy atom. The molecule has 1 aliphatic rings. The second-order valence-electron chi connectivity index (χ2n) is 4.48. The summed E-state index contributed by atoms with van der Waals surface area (Å²) >= 11 is 8.23. The first-order valence-corrected chi connectivity index (χ1v) is 10.5. The third kappa shape index (κ3) is 3.58. The van der Waals surface area contributed by atoms with E-state index < -0.39 is 15.2 Å². The molecule has 1 saturated heterocycles. The molecular formula is C12H13Br2NO3S2. The van der Waals surface area contributed by atoms with Gasteiger partial charge in [-0.25, -0.2) is 8.42 Å². The molecule has 1 unspecified atom stereocenters. The molecule has 1 aliphatic heterocycles. The molecule has 8 heteroatoms. The number of benzene rings is 1. The SMILES string of the molecule is CS(=O)(=O)C1CSCCN1C(=O)c1cc(Br)ccc1Br. The van der Waals surface area contributed by atoms with Crippen LogP contribution in [0.25, 0.3) is 0 Å². The van der Waals surface area contributed by atoms with Gasteiger partial charge in [-0.15, -0.1) is 0 Å². The minimum absolute atomic E-state index is 0.256. The lowest BCUT2D eigenvalue weighted by atomic mass is 10.2. The Morgan fingerprint density at radius 3 is 2.75 bits per heavy atom. The number of sulfone groups is 1. The van der Waals surface area contributed by atoms with E-state index in [-0.39, 0.29) is 5.91 Å². The molecule has 0 bridgehead atoms. The van der Waals surface area contributed by atoms with Crippen LogP contribution in [0.15, 0.2) is 27.1 Å². The van der Waals surface area contributed by atoms with Gasteiger partial charge in [-0.1, -0.05) is 15.9 Å². The summed E-state index contributed by atoms with van der Waals surface area (Å²) in [5.74, 6) is 0.924. The van der Waals surface area contributed by atoms with Gasteiger partial charge in [0.1, 0.15) is 5.37 Å². The van der Waals surface area contributed by atoms with E-state index in [4.69, 9.17) is 0 Å². The van der Waals surface area contributed by atoms with Gasteiger partial charge in [0.15, 0.2) is 9.84 Å². The molecule has 1 fully saturated rings. The maximum Gasteiger partial charge on any atom is 0.256 e. The molecule has 0 aromatic heterocycles. The summed E-state index contributed by atoms with van der Waals surface area (Å²) in [7, 11) is -3.29. The number of hydrogen-bond donors (Lipinski definition) is 0. The first kappa shape index (κ1) is 16.3. The molecule has 0 aliphatic carbocycles. The topological polar surface area (TPSA) is 54.5 Å². The molecule has 0 saturated carbocycles. The summed E-state index contributed by atoms with van der Waals surface area (Å²) in [6, 6.07) is 5.29. The van der Waals surface area contributed by atoms with E-state index in [0.717, 1.165) is 10.2 Å². The van der Waals surface area contributed by atoms with Crippen LogP contribution in [0.5, 0.6) is 0 Å². The van der Waals surface area contributed by atoms with Gasteiger partial charge in [-0.05, 0) is 34.1 Å². The third-order valence-corrected chi connectivity index (χ3v) is 6.83. The Morgan fingerprint density at radius 2 is 2.10 bits per heavy atom. The molecule has 1 aromatic rings. The van der Waals surface area contributed by atoms with Crippen molar-refractivity contribution in [3.05, 3.63) is 32.7 Å². The number of hydrogen-bond acceptors (Lipinski definition) is 4. The second kappa shape index (κ2) is 6.37. The van der Waals surface area contributed by atoms with Crippen LogP contribution in [0.2, 0.25) is 0 Å². The van der Waals surface area contributed by atoms with Crippen molar-refractivity contribution in [2.45, 2.75) is 5.37 Å². The van der Waals surface area contributed by atoms with Gasteiger partial charge in [-0.2, -0.15) is 11.8 Å². The van der Waals surface area contributed by atoms with Crippen LogP contribution in [0, 0.1) is 0 Å². The highest BCUT2D eigenvalue weighted by molar-refractivity contribution is 9.11. The quantitative estimate of drug-likeness (QED) is 0.706. The Balaban J connectivity index is 2.37. The Bertz CT molecular complexity index is 634. The number of halogens is 2. The molecule has 110 valence electrons. The molecule has 1 heterocycles. The number of nitrogens with zero attached hydrogens (tertiary/aromatic N) is 1. The highest BCUT2D eigenvalue weighted by Crippen LogP contribution is 2.27. The van der Waals surface area contributed by atoms with Gasteiger partial charge in [0.25, 0.3) is 5.91 Å². The van der Waals surface area contributed by atoms with E-state index in [9.17, 15) is 13.2 Å². The average molecular weight is 443 g/mol. The number of carbonyl (C=O) groups is 1. The van der Waals surface area contributed by atoms with Crippen LogP contribution in [0.4, 0.5) is 0 Å². The van der Waals surface area contributed by atoms with Gasteiger partial charge >= 0.3 is 0 Å². The van der Waals surface area contributed by atoms with Crippen molar-refractivity contribution < 1.29 is 13.2 Å². The van der Waals surface area contributed by atoms with E-state index in [0.29, 0.717) is 22.3 Å². The first-order valence-electron chi connectivity index (χ1n) is 5.83. The maximum absolute atomic E-state index is 12.6. The molecule has 1 aromatic carbocycles. The molecular weight excluding hydrogens is 430 g/mol. The van der Waals surface area contributed by atoms with E-state index in [1.807, 2.05) is 6.07 Å². The lowest BCUT2D eigenvalue weighted by molar-refractivity contribution is 0.0748. The number of amides is 1. The van der Waals surface area contributed by atoms with Crippen LogP contribution in [-0.4, -0.2) is 48.9 Å². The fraction of sp³-hybridized carbons (Fsp3) is 0.417. The zero-order chi connectivity index (χ0) is 14.9. The summed E-state index contributed by atoms with van der Waals surface area (Å²) < 4.78 is 25.2. The van der Waals surface area contributed by atoms with Crippen molar-refractivity contribution in [1.29, 1.82) is 0 Å². The van der Waals surface area contributed by atoms with E-state index in [2.05, 4.69) is 31.9 Å². The minimum Gasteiger partial charge on any atom is -0.320 e. The fourth-order valence-corrected chi connectivity index (χ4v) is 5.58. The molecule has 1 amide bonds. The summed E-state index contributed by atoms with van der Waals surface area (Å²) in [5.41, 5.74) is 0.472. The molecule has 0 N–H and O–H groups in total. The van der Waals surface area contributed by atoms with Crippen LogP contribution >= 0.6 is 43.6 Å². The standard InChI is InChI=1S/C12H13Br2NO3S2/c1-20(17,18)11-7-19-5-4-15(11)12(16)9-6-8(13)2-3-10(9)14/h2-3,6,11H,4-5,7H2,1H3. The van der Waals surface area contributed by atoms with Crippen LogP contribution < -0.4 is 0 Å².